The topological polar surface area (TPSA) is 95.0 Å². The van der Waals surface area contributed by atoms with Crippen LogP contribution in [0.3, 0.4) is 0 Å². The highest BCUT2D eigenvalue weighted by atomic mass is 35.5. The Labute approximate surface area is 242 Å². The number of benzene rings is 4. The number of nitrogens with one attached hydrogen (secondary N) is 1. The van der Waals surface area contributed by atoms with E-state index in [1.54, 1.807) is 11.0 Å². The van der Waals surface area contributed by atoms with Crippen molar-refractivity contribution in [2.24, 2.45) is 0 Å². The number of ether oxygens (including phenoxy) is 2. The molecule has 7 nitrogen and oxygen atoms in total. The third kappa shape index (κ3) is 5.12. The van der Waals surface area contributed by atoms with E-state index >= 15 is 0 Å². The maximum Gasteiger partial charge on any atom is 0.258 e. The Morgan fingerprint density at radius 2 is 1.88 bits per heavy atom. The van der Waals surface area contributed by atoms with Crippen molar-refractivity contribution in [1.29, 1.82) is 0 Å². The number of carbonyl (C=O) groups excluding carboxylic acids is 1. The van der Waals surface area contributed by atoms with Gasteiger partial charge in [-0.15, -0.1) is 11.6 Å². The summed E-state index contributed by atoms with van der Waals surface area (Å²) in [6, 6.07) is 23.0. The minimum Gasteiger partial charge on any atom is -0.507 e. The number of aliphatic hydroxyl groups excluding tert-OH is 1. The van der Waals surface area contributed by atoms with Crippen molar-refractivity contribution in [3.05, 3.63) is 89.5 Å². The zero-order valence-corrected chi connectivity index (χ0v) is 23.4. The molecule has 1 aromatic heterocycles. The molecule has 4 aromatic carbocycles. The number of phenolic OH excluding ortho intramolecular Hbond substituents is 1. The van der Waals surface area contributed by atoms with Gasteiger partial charge in [0.1, 0.15) is 18.1 Å². The van der Waals surface area contributed by atoms with Crippen LogP contribution in [0.2, 0.25) is 0 Å². The molecule has 210 valence electrons. The quantitative estimate of drug-likeness (QED) is 0.141. The summed E-state index contributed by atoms with van der Waals surface area (Å²) in [5, 5.41) is 22.4. The smallest absolute Gasteiger partial charge is 0.258 e. The normalized spacial score (nSPS) is 14.6. The number of aliphatic hydroxyl groups is 1. The molecule has 1 atom stereocenters. The highest BCUT2D eigenvalue weighted by Crippen LogP contribution is 2.46. The molecular weight excluding hydrogens is 540 g/mol. The molecule has 0 aliphatic carbocycles. The molecule has 0 saturated carbocycles. The highest BCUT2D eigenvalue weighted by Gasteiger charge is 2.35. The maximum atomic E-state index is 13.9. The largest absolute Gasteiger partial charge is 0.507 e. The summed E-state index contributed by atoms with van der Waals surface area (Å²) in [4.78, 5) is 19.0. The molecule has 5 aromatic rings. The summed E-state index contributed by atoms with van der Waals surface area (Å²) in [6.07, 6.45) is 0. The molecule has 6 rings (SSSR count). The highest BCUT2D eigenvalue weighted by molar-refractivity contribution is 6.19. The number of carbonyl (C=O) groups is 1. The number of phenols is 1. The number of aromatic amines is 1. The van der Waals surface area contributed by atoms with Gasteiger partial charge in [-0.3, -0.25) is 4.79 Å². The van der Waals surface area contributed by atoms with E-state index in [2.05, 4.69) is 11.1 Å². The molecule has 0 unspecified atom stereocenters. The minimum absolute atomic E-state index is 0.00272. The number of alkyl halides is 1. The lowest BCUT2D eigenvalue weighted by Gasteiger charge is -2.19. The molecule has 0 fully saturated rings. The van der Waals surface area contributed by atoms with Crippen molar-refractivity contribution in [1.82, 2.24) is 4.98 Å². The van der Waals surface area contributed by atoms with Crippen LogP contribution in [0.5, 0.6) is 11.5 Å². The first-order chi connectivity index (χ1) is 20.0. The SMILES string of the molecule is Cc1cccc2c(O)cc3c(c12)[C@H](CCl)CN3C(=O)c1ccc2cc(-c3ccc(OCCOCCO)cc3)[nH]c2c1. The Morgan fingerprint density at radius 1 is 1.05 bits per heavy atom. The fraction of sp³-hybridized carbons (Fsp3) is 0.242. The number of hydrogen-bond acceptors (Lipinski definition) is 5. The van der Waals surface area contributed by atoms with Crippen LogP contribution in [0.25, 0.3) is 32.9 Å². The molecule has 8 heteroatoms. The second kappa shape index (κ2) is 11.4. The molecule has 1 aliphatic rings. The van der Waals surface area contributed by atoms with Crippen LogP contribution in [0, 0.1) is 6.92 Å². The van der Waals surface area contributed by atoms with Crippen molar-refractivity contribution < 1.29 is 24.5 Å². The Bertz CT molecular complexity index is 1730. The standard InChI is InChI=1S/C33H31ClN2O5/c1-20-3-2-4-26-30(38)17-29-32(31(20)26)24(18-34)19-36(29)33(39)23-6-5-22-15-27(35-28(22)16-23)21-7-9-25(10-8-21)41-14-13-40-12-11-37/h2-10,15-17,24,35,37-38H,11-14,18-19H2,1H3/t24-/m1/s1. The van der Waals surface area contributed by atoms with Crippen LogP contribution in [0.15, 0.2) is 72.8 Å². The summed E-state index contributed by atoms with van der Waals surface area (Å²) >= 11 is 6.41. The predicted molar refractivity (Wildman–Crippen MR) is 163 cm³/mol. The first-order valence-corrected chi connectivity index (χ1v) is 14.2. The zero-order chi connectivity index (χ0) is 28.5. The predicted octanol–water partition coefficient (Wildman–Crippen LogP) is 6.37. The Hall–Kier alpha value is -4.04. The van der Waals surface area contributed by atoms with Crippen molar-refractivity contribution in [3.63, 3.8) is 0 Å². The van der Waals surface area contributed by atoms with Crippen LogP contribution in [0.1, 0.15) is 27.4 Å². The molecule has 0 bridgehead atoms. The van der Waals surface area contributed by atoms with Gasteiger partial charge in [-0.25, -0.2) is 0 Å². The number of aromatic nitrogens is 1. The lowest BCUT2D eigenvalue weighted by molar-refractivity contribution is 0.0705. The van der Waals surface area contributed by atoms with Crippen LogP contribution in [-0.2, 0) is 4.74 Å². The van der Waals surface area contributed by atoms with Gasteiger partial charge in [0.05, 0.1) is 25.5 Å². The van der Waals surface area contributed by atoms with E-state index in [1.165, 1.54) is 0 Å². The number of anilines is 1. The van der Waals surface area contributed by atoms with Crippen molar-refractivity contribution in [3.8, 4) is 22.8 Å². The van der Waals surface area contributed by atoms with Crippen molar-refractivity contribution in [2.75, 3.05) is 43.8 Å². The first kappa shape index (κ1) is 27.1. The van der Waals surface area contributed by atoms with Crippen LogP contribution >= 0.6 is 11.6 Å². The molecule has 0 spiro atoms. The number of aryl methyl sites for hydroxylation is 1. The summed E-state index contributed by atoms with van der Waals surface area (Å²) in [7, 11) is 0. The van der Waals surface area contributed by atoms with Gasteiger partial charge in [-0.2, -0.15) is 0 Å². The fourth-order valence-electron chi connectivity index (χ4n) is 5.70. The Morgan fingerprint density at radius 3 is 2.66 bits per heavy atom. The lowest BCUT2D eigenvalue weighted by Crippen LogP contribution is -2.30. The molecule has 0 radical (unpaired) electrons. The fourth-order valence-corrected chi connectivity index (χ4v) is 5.96. The zero-order valence-electron chi connectivity index (χ0n) is 22.7. The first-order valence-electron chi connectivity index (χ1n) is 13.7. The van der Waals surface area contributed by atoms with E-state index in [-0.39, 0.29) is 24.2 Å². The summed E-state index contributed by atoms with van der Waals surface area (Å²) in [5.41, 5.74) is 6.13. The molecule has 3 N–H and O–H groups in total. The van der Waals surface area contributed by atoms with Gasteiger partial charge in [0.25, 0.3) is 5.91 Å². The summed E-state index contributed by atoms with van der Waals surface area (Å²) in [5.74, 6) is 1.12. The average molecular weight is 571 g/mol. The van der Waals surface area contributed by atoms with E-state index in [9.17, 15) is 9.90 Å². The van der Waals surface area contributed by atoms with Crippen LogP contribution in [0.4, 0.5) is 5.69 Å². The number of hydrogen-bond donors (Lipinski definition) is 3. The molecule has 2 heterocycles. The van der Waals surface area contributed by atoms with E-state index in [0.29, 0.717) is 37.8 Å². The van der Waals surface area contributed by atoms with Gasteiger partial charge in [-0.05, 0) is 71.5 Å². The Kier molecular flexibility index (Phi) is 7.58. The van der Waals surface area contributed by atoms with Crippen molar-refractivity contribution >= 4 is 44.9 Å². The maximum absolute atomic E-state index is 13.9. The van der Waals surface area contributed by atoms with E-state index in [1.807, 2.05) is 67.6 Å². The number of amides is 1. The second-order valence-electron chi connectivity index (χ2n) is 10.3. The number of halogens is 1. The van der Waals surface area contributed by atoms with Gasteiger partial charge < -0.3 is 29.6 Å². The van der Waals surface area contributed by atoms with Gasteiger partial charge >= 0.3 is 0 Å². The second-order valence-corrected chi connectivity index (χ2v) is 10.6. The van der Waals surface area contributed by atoms with E-state index in [4.69, 9.17) is 26.2 Å². The molecule has 0 saturated heterocycles. The van der Waals surface area contributed by atoms with Crippen LogP contribution in [-0.4, -0.2) is 60.0 Å². The van der Waals surface area contributed by atoms with Gasteiger partial charge in [-0.1, -0.05) is 24.3 Å². The molecule has 1 amide bonds. The number of H-pyrrole nitrogens is 1. The van der Waals surface area contributed by atoms with Gasteiger partial charge in [0, 0.05) is 52.0 Å². The van der Waals surface area contributed by atoms with Gasteiger partial charge in [0.15, 0.2) is 0 Å². The lowest BCUT2D eigenvalue weighted by atomic mass is 9.92. The summed E-state index contributed by atoms with van der Waals surface area (Å²) < 4.78 is 10.9. The third-order valence-corrected chi connectivity index (χ3v) is 8.04. The van der Waals surface area contributed by atoms with E-state index in [0.717, 1.165) is 55.5 Å². The number of nitrogens with zero attached hydrogens (tertiary/aromatic N) is 1. The van der Waals surface area contributed by atoms with Crippen molar-refractivity contribution in [2.45, 2.75) is 12.8 Å². The number of rotatable bonds is 9. The number of fused-ring (bicyclic) bond motifs is 4. The minimum atomic E-state index is -0.131. The molecule has 41 heavy (non-hydrogen) atoms. The molecular formula is C33H31ClN2O5. The van der Waals surface area contributed by atoms with Gasteiger partial charge in [0.2, 0.25) is 0 Å². The average Bonchev–Trinajstić information content (AvgIpc) is 3.58. The Balaban J connectivity index is 1.25. The monoisotopic (exact) mass is 570 g/mol. The molecule has 1 aliphatic heterocycles. The van der Waals surface area contributed by atoms with E-state index < -0.39 is 0 Å². The number of aromatic hydroxyl groups is 1. The third-order valence-electron chi connectivity index (χ3n) is 7.67. The van der Waals surface area contributed by atoms with Crippen LogP contribution < -0.4 is 9.64 Å². The summed E-state index contributed by atoms with van der Waals surface area (Å²) in [6.45, 7) is 3.60.